The normalized spacial score (nSPS) is 14.7. The van der Waals surface area contributed by atoms with Crippen molar-refractivity contribution in [3.05, 3.63) is 108 Å². The van der Waals surface area contributed by atoms with Gasteiger partial charge in [0, 0.05) is 32.3 Å². The molecule has 5 rings (SSSR count). The van der Waals surface area contributed by atoms with E-state index in [1.54, 1.807) is 78.9 Å². The van der Waals surface area contributed by atoms with Crippen molar-refractivity contribution in [2.75, 3.05) is 32.8 Å². The lowest BCUT2D eigenvalue weighted by Crippen LogP contribution is -2.34. The maximum Gasteiger partial charge on any atom is 0.393 e. The number of hydrogen-bond acceptors (Lipinski definition) is 4. The van der Waals surface area contributed by atoms with Crippen LogP contribution in [0.5, 0.6) is 5.75 Å². The number of likely N-dealkylation sites (tertiary alicyclic amines) is 1. The van der Waals surface area contributed by atoms with Crippen LogP contribution < -0.4 is 10.1 Å². The van der Waals surface area contributed by atoms with Crippen LogP contribution in [0.4, 0.5) is 17.6 Å². The van der Waals surface area contributed by atoms with Gasteiger partial charge in [-0.3, -0.25) is 9.89 Å². The molecule has 0 spiro atoms. The summed E-state index contributed by atoms with van der Waals surface area (Å²) >= 11 is 0. The van der Waals surface area contributed by atoms with E-state index in [0.717, 1.165) is 25.9 Å². The van der Waals surface area contributed by atoms with Crippen molar-refractivity contribution in [2.45, 2.75) is 31.9 Å². The van der Waals surface area contributed by atoms with E-state index >= 15 is 0 Å². The lowest BCUT2D eigenvalue weighted by molar-refractivity contribution is -0.127. The van der Waals surface area contributed by atoms with Crippen molar-refractivity contribution in [3.8, 4) is 5.75 Å². The third-order valence-corrected chi connectivity index (χ3v) is 7.49. The number of fused-ring (bicyclic) bond motifs is 1. The molecule has 0 radical (unpaired) electrons. The number of carbonyl (C=O) groups is 1. The van der Waals surface area contributed by atoms with Gasteiger partial charge in [0.05, 0.1) is 17.3 Å². The summed E-state index contributed by atoms with van der Waals surface area (Å²) in [6, 6.07) is 20.0. The van der Waals surface area contributed by atoms with Crippen molar-refractivity contribution in [2.24, 2.45) is 0 Å². The zero-order chi connectivity index (χ0) is 30.9. The number of nitrogens with one attached hydrogen (secondary N) is 2. The van der Waals surface area contributed by atoms with E-state index in [0.29, 0.717) is 53.2 Å². The number of aromatic amines is 1. The Kier molecular flexibility index (Phi) is 10.1. The quantitative estimate of drug-likeness (QED) is 0.0824. The van der Waals surface area contributed by atoms with E-state index in [-0.39, 0.29) is 16.9 Å². The number of amides is 1. The number of benzene rings is 3. The van der Waals surface area contributed by atoms with Gasteiger partial charge >= 0.3 is 6.18 Å². The lowest BCUT2D eigenvalue weighted by atomic mass is 9.87. The number of allylic oxidation sites excluding steroid dienone is 1. The second kappa shape index (κ2) is 14.4. The summed E-state index contributed by atoms with van der Waals surface area (Å²) in [5.74, 6) is -0.129. The van der Waals surface area contributed by atoms with Crippen LogP contribution in [0.3, 0.4) is 0 Å². The highest BCUT2D eigenvalue weighted by Gasteiger charge is 2.31. The highest BCUT2D eigenvalue weighted by atomic mass is 19.4. The Morgan fingerprint density at radius 2 is 1.68 bits per heavy atom. The smallest absolute Gasteiger partial charge is 0.393 e. The van der Waals surface area contributed by atoms with E-state index in [2.05, 4.69) is 15.5 Å². The van der Waals surface area contributed by atoms with Gasteiger partial charge in [-0.25, -0.2) is 0 Å². The molecule has 0 saturated carbocycles. The third-order valence-electron chi connectivity index (χ3n) is 7.49. The standard InChI is InChI=1S/C34H34F4N4O2/c35-33-28-22-26(13-16-30(28)40-41-33)32(29(23-34(36,37)38)24-8-3-1-4-9-24)25-11-14-27(15-12-25)44-21-18-39-17-7-10-31(43)42-19-5-2-6-20-42/h1,3-4,7-16,22,39H,2,5-6,17-21,23H2,(H,40,41)/b10-7+,32-29+. The largest absolute Gasteiger partial charge is 0.492 e. The second-order valence-electron chi connectivity index (χ2n) is 10.7. The molecule has 1 aliphatic heterocycles. The van der Waals surface area contributed by atoms with Gasteiger partial charge in [-0.05, 0) is 71.4 Å². The van der Waals surface area contributed by atoms with Crippen LogP contribution in [-0.4, -0.2) is 60.0 Å². The Morgan fingerprint density at radius 1 is 0.955 bits per heavy atom. The summed E-state index contributed by atoms with van der Waals surface area (Å²) in [7, 11) is 0. The highest BCUT2D eigenvalue weighted by Crippen LogP contribution is 2.40. The number of nitrogens with zero attached hydrogens (tertiary/aromatic N) is 2. The molecule has 4 aromatic rings. The van der Waals surface area contributed by atoms with Crippen LogP contribution in [0, 0.1) is 5.95 Å². The first kappa shape index (κ1) is 31.0. The molecule has 2 N–H and O–H groups in total. The molecular weight excluding hydrogens is 572 g/mol. The molecule has 0 atom stereocenters. The molecular formula is C34H34F4N4O2. The molecule has 230 valence electrons. The topological polar surface area (TPSA) is 70.2 Å². The first-order chi connectivity index (χ1) is 21.3. The first-order valence-corrected chi connectivity index (χ1v) is 14.7. The summed E-state index contributed by atoms with van der Waals surface area (Å²) in [5.41, 5.74) is 2.26. The minimum Gasteiger partial charge on any atom is -0.492 e. The van der Waals surface area contributed by atoms with Gasteiger partial charge < -0.3 is 15.0 Å². The molecule has 1 saturated heterocycles. The molecule has 1 aliphatic rings. The molecule has 10 heteroatoms. The third kappa shape index (κ3) is 8.13. The fraction of sp³-hybridized carbons (Fsp3) is 0.294. The molecule has 3 aromatic carbocycles. The van der Waals surface area contributed by atoms with Crippen LogP contribution in [0.1, 0.15) is 42.4 Å². The lowest BCUT2D eigenvalue weighted by Gasteiger charge is -2.25. The molecule has 44 heavy (non-hydrogen) atoms. The summed E-state index contributed by atoms with van der Waals surface area (Å²) in [6.07, 6.45) is 1.04. The van der Waals surface area contributed by atoms with Gasteiger partial charge in [-0.15, -0.1) is 5.10 Å². The molecule has 0 unspecified atom stereocenters. The summed E-state index contributed by atoms with van der Waals surface area (Å²) < 4.78 is 62.0. The van der Waals surface area contributed by atoms with E-state index < -0.39 is 18.5 Å². The summed E-state index contributed by atoms with van der Waals surface area (Å²) in [5, 5.41) is 9.58. The number of ether oxygens (including phenoxy) is 1. The molecule has 2 heterocycles. The minimum atomic E-state index is -4.48. The molecule has 1 aromatic heterocycles. The predicted octanol–water partition coefficient (Wildman–Crippen LogP) is 7.15. The number of carbonyl (C=O) groups excluding carboxylic acids is 1. The van der Waals surface area contributed by atoms with Crippen LogP contribution in [0.15, 0.2) is 84.9 Å². The number of H-pyrrole nitrogens is 1. The monoisotopic (exact) mass is 606 g/mol. The molecule has 0 aliphatic carbocycles. The number of halogens is 4. The van der Waals surface area contributed by atoms with Crippen molar-refractivity contribution < 1.29 is 27.1 Å². The van der Waals surface area contributed by atoms with Crippen LogP contribution in [-0.2, 0) is 4.79 Å². The average Bonchev–Trinajstić information content (AvgIpc) is 3.41. The van der Waals surface area contributed by atoms with Gasteiger partial charge in [0.15, 0.2) is 0 Å². The SMILES string of the molecule is O=C(/C=C/CNCCOc1ccc(/C(=C(/CC(F)(F)F)c2ccccc2)c2ccc3[nH]nc(F)c3c2)cc1)N1CCCCC1. The van der Waals surface area contributed by atoms with Crippen LogP contribution >= 0.6 is 0 Å². The average molecular weight is 607 g/mol. The Hall–Kier alpha value is -4.44. The number of alkyl halides is 3. The van der Waals surface area contributed by atoms with E-state index in [4.69, 9.17) is 4.74 Å². The highest BCUT2D eigenvalue weighted by molar-refractivity contribution is 6.00. The van der Waals surface area contributed by atoms with E-state index in [9.17, 15) is 22.4 Å². The number of piperidine rings is 1. The fourth-order valence-electron chi connectivity index (χ4n) is 5.35. The minimum absolute atomic E-state index is 0.0386. The maximum absolute atomic E-state index is 14.4. The van der Waals surface area contributed by atoms with Gasteiger partial charge in [-0.1, -0.05) is 54.6 Å². The van der Waals surface area contributed by atoms with Gasteiger partial charge in [0.25, 0.3) is 0 Å². The molecule has 1 fully saturated rings. The second-order valence-corrected chi connectivity index (χ2v) is 10.7. The Bertz CT molecular complexity index is 1610. The van der Waals surface area contributed by atoms with Crippen LogP contribution in [0.2, 0.25) is 0 Å². The predicted molar refractivity (Wildman–Crippen MR) is 163 cm³/mol. The van der Waals surface area contributed by atoms with Crippen molar-refractivity contribution >= 4 is 28.0 Å². The molecule has 1 amide bonds. The molecule has 0 bridgehead atoms. The first-order valence-electron chi connectivity index (χ1n) is 14.7. The van der Waals surface area contributed by atoms with E-state index in [1.165, 1.54) is 12.5 Å². The van der Waals surface area contributed by atoms with Crippen LogP contribution in [0.25, 0.3) is 22.0 Å². The maximum atomic E-state index is 14.4. The number of hydrogen-bond donors (Lipinski definition) is 2. The van der Waals surface area contributed by atoms with Crippen molar-refractivity contribution in [3.63, 3.8) is 0 Å². The number of rotatable bonds is 11. The van der Waals surface area contributed by atoms with E-state index in [1.807, 2.05) is 4.90 Å². The number of aromatic nitrogens is 2. The Labute approximate surface area is 253 Å². The van der Waals surface area contributed by atoms with Gasteiger partial charge in [-0.2, -0.15) is 17.6 Å². The summed E-state index contributed by atoms with van der Waals surface area (Å²) in [4.78, 5) is 14.1. The van der Waals surface area contributed by atoms with Crippen molar-refractivity contribution in [1.29, 1.82) is 0 Å². The Balaban J connectivity index is 1.31. The Morgan fingerprint density at radius 3 is 2.41 bits per heavy atom. The zero-order valence-electron chi connectivity index (χ0n) is 24.2. The van der Waals surface area contributed by atoms with Gasteiger partial charge in [0.1, 0.15) is 12.4 Å². The van der Waals surface area contributed by atoms with Crippen molar-refractivity contribution in [1.82, 2.24) is 20.4 Å². The van der Waals surface area contributed by atoms with Gasteiger partial charge in [0.2, 0.25) is 11.9 Å². The zero-order valence-corrected chi connectivity index (χ0v) is 24.2. The molecule has 6 nitrogen and oxygen atoms in total. The summed E-state index contributed by atoms with van der Waals surface area (Å²) in [6.45, 7) is 3.05. The fourth-order valence-corrected chi connectivity index (χ4v) is 5.35.